The number of nitrogens with zero attached hydrogens (tertiary/aromatic N) is 1. The van der Waals surface area contributed by atoms with Crippen LogP contribution in [0.4, 0.5) is 0 Å². The van der Waals surface area contributed by atoms with Crippen molar-refractivity contribution in [1.82, 2.24) is 4.90 Å². The summed E-state index contributed by atoms with van der Waals surface area (Å²) in [6, 6.07) is 0. The third kappa shape index (κ3) is 9.79. The van der Waals surface area contributed by atoms with Crippen LogP contribution in [0.1, 0.15) is 27.2 Å². The topological polar surface area (TPSA) is 68.0 Å². The van der Waals surface area contributed by atoms with Gasteiger partial charge in [-0.05, 0) is 27.2 Å². The summed E-state index contributed by atoms with van der Waals surface area (Å²) in [6.07, 6.45) is 0.766. The second-order valence-electron chi connectivity index (χ2n) is 4.80. The summed E-state index contributed by atoms with van der Waals surface area (Å²) in [5.41, 5.74) is 5.43. The number of ether oxygens (including phenoxy) is 2. The van der Waals surface area contributed by atoms with Gasteiger partial charge in [-0.1, -0.05) is 0 Å². The van der Waals surface area contributed by atoms with Crippen LogP contribution in [0.25, 0.3) is 0 Å². The normalized spacial score (nSPS) is 15.0. The first-order chi connectivity index (χ1) is 8.55. The smallest absolute Gasteiger partial charge is 0.0608 e. The third-order valence-electron chi connectivity index (χ3n) is 2.87. The molecule has 0 saturated carbocycles. The largest absolute Gasteiger partial charge is 0.394 e. The van der Waals surface area contributed by atoms with Crippen molar-refractivity contribution >= 4 is 0 Å². The van der Waals surface area contributed by atoms with Gasteiger partial charge < -0.3 is 20.3 Å². The molecule has 1 atom stereocenters. The van der Waals surface area contributed by atoms with E-state index in [0.29, 0.717) is 0 Å². The number of aliphatic hydroxyl groups is 1. The molecule has 0 aliphatic carbocycles. The molecular weight excluding hydrogens is 232 g/mol. The number of aliphatic hydroxyl groups excluding tert-OH is 1. The Hall–Kier alpha value is -0.200. The Kier molecular flexibility index (Phi) is 10.6. The maximum atomic E-state index is 9.14. The van der Waals surface area contributed by atoms with Crippen LogP contribution in [0, 0.1) is 0 Å². The zero-order valence-corrected chi connectivity index (χ0v) is 12.2. The molecule has 0 aliphatic heterocycles. The molecule has 0 bridgehead atoms. The fourth-order valence-electron chi connectivity index (χ4n) is 1.50. The lowest BCUT2D eigenvalue weighted by atomic mass is 10.0. The molecule has 0 amide bonds. The Morgan fingerprint density at radius 3 is 1.94 bits per heavy atom. The number of rotatable bonds is 12. The first-order valence-corrected chi connectivity index (χ1v) is 6.83. The monoisotopic (exact) mass is 262 g/mol. The molecule has 0 aliphatic rings. The molecule has 0 rings (SSSR count). The van der Waals surface area contributed by atoms with Crippen molar-refractivity contribution in [2.24, 2.45) is 5.73 Å². The quantitative estimate of drug-likeness (QED) is 0.500. The Bertz CT molecular complexity index is 179. The molecule has 0 aromatic heterocycles. The van der Waals surface area contributed by atoms with E-state index >= 15 is 0 Å². The van der Waals surface area contributed by atoms with Crippen molar-refractivity contribution in [2.75, 3.05) is 52.7 Å². The van der Waals surface area contributed by atoms with Gasteiger partial charge in [0.25, 0.3) is 0 Å². The van der Waals surface area contributed by atoms with Crippen molar-refractivity contribution < 1.29 is 14.6 Å². The van der Waals surface area contributed by atoms with Gasteiger partial charge in [0.2, 0.25) is 0 Å². The Labute approximate surface area is 111 Å². The second-order valence-corrected chi connectivity index (χ2v) is 4.80. The molecule has 0 aromatic rings. The molecule has 0 saturated heterocycles. The maximum Gasteiger partial charge on any atom is 0.0608 e. The van der Waals surface area contributed by atoms with Gasteiger partial charge in [0.05, 0.1) is 19.8 Å². The molecule has 5 nitrogen and oxygen atoms in total. The highest BCUT2D eigenvalue weighted by Gasteiger charge is 2.18. The number of hydrogen-bond acceptors (Lipinski definition) is 5. The lowest BCUT2D eigenvalue weighted by Crippen LogP contribution is -2.44. The molecule has 0 heterocycles. The predicted octanol–water partition coefficient (Wildman–Crippen LogP) is 0.461. The average molecular weight is 262 g/mol. The summed E-state index contributed by atoms with van der Waals surface area (Å²) in [5.74, 6) is 0. The lowest BCUT2D eigenvalue weighted by Gasteiger charge is -2.27. The van der Waals surface area contributed by atoms with Gasteiger partial charge in [0.15, 0.2) is 0 Å². The molecule has 5 heteroatoms. The minimum Gasteiger partial charge on any atom is -0.394 e. The van der Waals surface area contributed by atoms with Crippen molar-refractivity contribution in [3.05, 3.63) is 0 Å². The highest BCUT2D eigenvalue weighted by Crippen LogP contribution is 2.06. The number of nitrogens with two attached hydrogens (primary N) is 1. The van der Waals surface area contributed by atoms with E-state index in [1.54, 1.807) is 0 Å². The summed E-state index contributed by atoms with van der Waals surface area (Å²) in [5, 5.41) is 9.14. The minimum absolute atomic E-state index is 0.0117. The van der Waals surface area contributed by atoms with Crippen molar-refractivity contribution in [1.29, 1.82) is 0 Å². The summed E-state index contributed by atoms with van der Waals surface area (Å²) < 4.78 is 10.7. The molecule has 0 fully saturated rings. The van der Waals surface area contributed by atoms with Crippen LogP contribution in [0.5, 0.6) is 0 Å². The van der Waals surface area contributed by atoms with Crippen LogP contribution >= 0.6 is 0 Å². The summed E-state index contributed by atoms with van der Waals surface area (Å²) in [6.45, 7) is 11.4. The van der Waals surface area contributed by atoms with Gasteiger partial charge in [-0.15, -0.1) is 0 Å². The van der Waals surface area contributed by atoms with E-state index < -0.39 is 5.54 Å². The molecule has 110 valence electrons. The summed E-state index contributed by atoms with van der Waals surface area (Å²) in [7, 11) is 0. The standard InChI is InChI=1S/C13H30N2O3/c1-4-17-10-8-15(9-11-18-5-2)7-6-13(3,14)12-16/h16H,4-12,14H2,1-3H3. The maximum absolute atomic E-state index is 9.14. The van der Waals surface area contributed by atoms with Gasteiger partial charge >= 0.3 is 0 Å². The van der Waals surface area contributed by atoms with Crippen LogP contribution in [-0.4, -0.2) is 68.2 Å². The van der Waals surface area contributed by atoms with Crippen molar-refractivity contribution in [3.8, 4) is 0 Å². The lowest BCUT2D eigenvalue weighted by molar-refractivity contribution is 0.0768. The Morgan fingerprint density at radius 2 is 1.56 bits per heavy atom. The molecular formula is C13H30N2O3. The van der Waals surface area contributed by atoms with Crippen molar-refractivity contribution in [2.45, 2.75) is 32.7 Å². The SMILES string of the molecule is CCOCCN(CCOCC)CCC(C)(N)CO. The van der Waals surface area contributed by atoms with Crippen LogP contribution in [0.15, 0.2) is 0 Å². The molecule has 0 aromatic carbocycles. The fraction of sp³-hybridized carbons (Fsp3) is 1.00. The van der Waals surface area contributed by atoms with Gasteiger partial charge in [0, 0.05) is 38.4 Å². The Balaban J connectivity index is 3.94. The zero-order chi connectivity index (χ0) is 13.9. The van der Waals surface area contributed by atoms with E-state index in [1.165, 1.54) is 0 Å². The molecule has 0 spiro atoms. The minimum atomic E-state index is -0.504. The Morgan fingerprint density at radius 1 is 1.06 bits per heavy atom. The van der Waals surface area contributed by atoms with Gasteiger partial charge in [-0.3, -0.25) is 4.90 Å². The second kappa shape index (κ2) is 10.7. The predicted molar refractivity (Wildman–Crippen MR) is 73.7 cm³/mol. The zero-order valence-electron chi connectivity index (χ0n) is 12.2. The molecule has 3 N–H and O–H groups in total. The van der Waals surface area contributed by atoms with Crippen molar-refractivity contribution in [3.63, 3.8) is 0 Å². The summed E-state index contributed by atoms with van der Waals surface area (Å²) in [4.78, 5) is 2.27. The number of hydrogen-bond donors (Lipinski definition) is 2. The third-order valence-corrected chi connectivity index (χ3v) is 2.87. The molecule has 1 unspecified atom stereocenters. The summed E-state index contributed by atoms with van der Waals surface area (Å²) >= 11 is 0. The van der Waals surface area contributed by atoms with Crippen LogP contribution < -0.4 is 5.73 Å². The van der Waals surface area contributed by atoms with Gasteiger partial charge in [0.1, 0.15) is 0 Å². The molecule has 18 heavy (non-hydrogen) atoms. The van der Waals surface area contributed by atoms with Crippen LogP contribution in [0.3, 0.4) is 0 Å². The highest BCUT2D eigenvalue weighted by atomic mass is 16.5. The van der Waals surface area contributed by atoms with E-state index in [0.717, 1.165) is 52.5 Å². The fourth-order valence-corrected chi connectivity index (χ4v) is 1.50. The first-order valence-electron chi connectivity index (χ1n) is 6.83. The van der Waals surface area contributed by atoms with E-state index in [4.69, 9.17) is 20.3 Å². The van der Waals surface area contributed by atoms with Gasteiger partial charge in [-0.2, -0.15) is 0 Å². The van der Waals surface area contributed by atoms with E-state index in [-0.39, 0.29) is 6.61 Å². The highest BCUT2D eigenvalue weighted by molar-refractivity contribution is 4.78. The van der Waals surface area contributed by atoms with Gasteiger partial charge in [-0.25, -0.2) is 0 Å². The average Bonchev–Trinajstić information content (AvgIpc) is 2.36. The first kappa shape index (κ1) is 17.8. The van der Waals surface area contributed by atoms with E-state index in [9.17, 15) is 0 Å². The molecule has 0 radical (unpaired) electrons. The van der Waals surface area contributed by atoms with E-state index in [1.807, 2.05) is 20.8 Å². The van der Waals surface area contributed by atoms with Crippen LogP contribution in [-0.2, 0) is 9.47 Å². The van der Waals surface area contributed by atoms with E-state index in [2.05, 4.69) is 4.90 Å². The van der Waals surface area contributed by atoms with Crippen LogP contribution in [0.2, 0.25) is 0 Å².